The fourth-order valence-electron chi connectivity index (χ4n) is 5.01. The van der Waals surface area contributed by atoms with Gasteiger partial charge in [-0.3, -0.25) is 4.90 Å². The van der Waals surface area contributed by atoms with Crippen molar-refractivity contribution in [1.82, 2.24) is 29.9 Å². The molecule has 0 amide bonds. The lowest BCUT2D eigenvalue weighted by atomic mass is 10.0. The van der Waals surface area contributed by atoms with Gasteiger partial charge in [0.1, 0.15) is 12.4 Å². The van der Waals surface area contributed by atoms with Gasteiger partial charge in [0.15, 0.2) is 11.8 Å². The Morgan fingerprint density at radius 1 is 1.00 bits per heavy atom. The molecule has 2 aliphatic rings. The van der Waals surface area contributed by atoms with E-state index >= 15 is 0 Å². The predicted octanol–water partition coefficient (Wildman–Crippen LogP) is 3.48. The van der Waals surface area contributed by atoms with E-state index in [1.54, 1.807) is 0 Å². The molecule has 3 aromatic rings. The molecule has 1 aliphatic heterocycles. The van der Waals surface area contributed by atoms with Gasteiger partial charge in [-0.1, -0.05) is 55.3 Å². The van der Waals surface area contributed by atoms with Crippen molar-refractivity contribution in [3.8, 4) is 0 Å². The van der Waals surface area contributed by atoms with Gasteiger partial charge in [-0.2, -0.15) is 0 Å². The Labute approximate surface area is 196 Å². The van der Waals surface area contributed by atoms with Crippen molar-refractivity contribution in [3.63, 3.8) is 0 Å². The molecular weight excluding hydrogens is 410 g/mol. The summed E-state index contributed by atoms with van der Waals surface area (Å²) in [5.74, 6) is 2.87. The molecule has 7 nitrogen and oxygen atoms in total. The summed E-state index contributed by atoms with van der Waals surface area (Å²) in [6.45, 7) is 7.59. The van der Waals surface area contributed by atoms with Crippen LogP contribution in [0.5, 0.6) is 0 Å². The number of fused-ring (bicyclic) bond motifs is 1. The zero-order valence-electron chi connectivity index (χ0n) is 19.9. The first-order valence-corrected chi connectivity index (χ1v) is 12.3. The highest BCUT2D eigenvalue weighted by molar-refractivity contribution is 5.85. The summed E-state index contributed by atoms with van der Waals surface area (Å²) >= 11 is 0. The van der Waals surface area contributed by atoms with Gasteiger partial charge in [-0.25, -0.2) is 4.99 Å². The van der Waals surface area contributed by atoms with Crippen LogP contribution >= 0.6 is 0 Å². The molecule has 2 aromatic carbocycles. The SMILES string of the molecule is Cc1nnc(CN=C(NC2CCCC2)N2CCN(Cc3cccc4ccccc34)CC2)n1C. The van der Waals surface area contributed by atoms with Crippen molar-refractivity contribution in [2.24, 2.45) is 12.0 Å². The van der Waals surface area contributed by atoms with E-state index in [1.165, 1.54) is 42.0 Å². The number of benzene rings is 2. The molecule has 0 bridgehead atoms. The normalized spacial score (nSPS) is 18.4. The number of guanidine groups is 1. The van der Waals surface area contributed by atoms with Crippen LogP contribution in [0, 0.1) is 6.92 Å². The van der Waals surface area contributed by atoms with Crippen molar-refractivity contribution < 1.29 is 0 Å². The summed E-state index contributed by atoms with van der Waals surface area (Å²) in [6, 6.07) is 15.9. The first-order chi connectivity index (χ1) is 16.2. The van der Waals surface area contributed by atoms with E-state index in [4.69, 9.17) is 4.99 Å². The molecule has 0 atom stereocenters. The Morgan fingerprint density at radius 2 is 1.76 bits per heavy atom. The van der Waals surface area contributed by atoms with Crippen LogP contribution in [0.4, 0.5) is 0 Å². The first-order valence-electron chi connectivity index (χ1n) is 12.3. The smallest absolute Gasteiger partial charge is 0.194 e. The molecule has 1 saturated carbocycles. The van der Waals surface area contributed by atoms with Gasteiger partial charge >= 0.3 is 0 Å². The second-order valence-corrected chi connectivity index (χ2v) is 9.39. The van der Waals surface area contributed by atoms with Crippen molar-refractivity contribution >= 4 is 16.7 Å². The van der Waals surface area contributed by atoms with Crippen LogP contribution in [0.15, 0.2) is 47.5 Å². The van der Waals surface area contributed by atoms with Crippen molar-refractivity contribution in [2.75, 3.05) is 26.2 Å². The number of nitrogens with one attached hydrogen (secondary N) is 1. The highest BCUT2D eigenvalue weighted by Crippen LogP contribution is 2.21. The Kier molecular flexibility index (Phi) is 6.58. The Morgan fingerprint density at radius 3 is 2.52 bits per heavy atom. The predicted molar refractivity (Wildman–Crippen MR) is 133 cm³/mol. The third kappa shape index (κ3) is 5.03. The molecule has 5 rings (SSSR count). The van der Waals surface area contributed by atoms with Gasteiger partial charge in [-0.15, -0.1) is 10.2 Å². The molecule has 1 saturated heterocycles. The van der Waals surface area contributed by atoms with Gasteiger partial charge < -0.3 is 14.8 Å². The van der Waals surface area contributed by atoms with Crippen LogP contribution in [-0.2, 0) is 20.1 Å². The number of rotatable bonds is 5. The third-order valence-corrected chi connectivity index (χ3v) is 7.19. The molecule has 0 unspecified atom stereocenters. The number of hydrogen-bond donors (Lipinski definition) is 1. The van der Waals surface area contributed by atoms with E-state index in [1.807, 2.05) is 18.5 Å². The highest BCUT2D eigenvalue weighted by atomic mass is 15.4. The van der Waals surface area contributed by atoms with Gasteiger partial charge in [0.05, 0.1) is 0 Å². The maximum absolute atomic E-state index is 4.99. The summed E-state index contributed by atoms with van der Waals surface area (Å²) in [6.07, 6.45) is 5.10. The van der Waals surface area contributed by atoms with E-state index in [2.05, 4.69) is 67.8 Å². The molecular formula is C26H35N7. The minimum Gasteiger partial charge on any atom is -0.353 e. The van der Waals surface area contributed by atoms with Gasteiger partial charge in [0.25, 0.3) is 0 Å². The van der Waals surface area contributed by atoms with Crippen molar-refractivity contribution in [2.45, 2.75) is 51.7 Å². The number of hydrogen-bond acceptors (Lipinski definition) is 4. The van der Waals surface area contributed by atoms with Gasteiger partial charge in [0.2, 0.25) is 0 Å². The summed E-state index contributed by atoms with van der Waals surface area (Å²) in [4.78, 5) is 9.99. The number of nitrogens with zero attached hydrogens (tertiary/aromatic N) is 6. The van der Waals surface area contributed by atoms with Crippen molar-refractivity contribution in [1.29, 1.82) is 0 Å². The van der Waals surface area contributed by atoms with E-state index in [0.717, 1.165) is 50.3 Å². The van der Waals surface area contributed by atoms with E-state index in [9.17, 15) is 0 Å². The lowest BCUT2D eigenvalue weighted by Gasteiger charge is -2.37. The topological polar surface area (TPSA) is 61.6 Å². The average Bonchev–Trinajstić information content (AvgIpc) is 3.47. The number of piperazine rings is 1. The Bertz CT molecular complexity index is 1100. The quantitative estimate of drug-likeness (QED) is 0.481. The minimum atomic E-state index is 0.540. The highest BCUT2D eigenvalue weighted by Gasteiger charge is 2.24. The fraction of sp³-hybridized carbons (Fsp3) is 0.500. The molecule has 7 heteroatoms. The zero-order chi connectivity index (χ0) is 22.6. The van der Waals surface area contributed by atoms with E-state index in [-0.39, 0.29) is 0 Å². The first kappa shape index (κ1) is 21.9. The van der Waals surface area contributed by atoms with Crippen LogP contribution in [0.3, 0.4) is 0 Å². The number of aliphatic imine (C=N–C) groups is 1. The molecule has 2 heterocycles. The van der Waals surface area contributed by atoms with Crippen LogP contribution in [0.25, 0.3) is 10.8 Å². The van der Waals surface area contributed by atoms with E-state index in [0.29, 0.717) is 12.6 Å². The molecule has 1 aromatic heterocycles. The van der Waals surface area contributed by atoms with Gasteiger partial charge in [-0.05, 0) is 36.1 Å². The van der Waals surface area contributed by atoms with Crippen molar-refractivity contribution in [3.05, 3.63) is 59.7 Å². The lowest BCUT2D eigenvalue weighted by Crippen LogP contribution is -2.53. The van der Waals surface area contributed by atoms with Gasteiger partial charge in [0, 0.05) is 45.8 Å². The van der Waals surface area contributed by atoms with E-state index < -0.39 is 0 Å². The van der Waals surface area contributed by atoms with Crippen LogP contribution in [-0.4, -0.2) is 62.7 Å². The van der Waals surface area contributed by atoms with Crippen LogP contribution < -0.4 is 5.32 Å². The summed E-state index contributed by atoms with van der Waals surface area (Å²) in [5, 5.41) is 14.9. The average molecular weight is 446 g/mol. The molecule has 33 heavy (non-hydrogen) atoms. The Hall–Kier alpha value is -2.93. The molecule has 174 valence electrons. The summed E-state index contributed by atoms with van der Waals surface area (Å²) in [7, 11) is 2.01. The summed E-state index contributed by atoms with van der Waals surface area (Å²) in [5.41, 5.74) is 1.41. The molecule has 0 radical (unpaired) electrons. The van der Waals surface area contributed by atoms with Crippen LogP contribution in [0.2, 0.25) is 0 Å². The number of aryl methyl sites for hydroxylation is 1. The second kappa shape index (κ2) is 9.91. The Balaban J connectivity index is 1.25. The minimum absolute atomic E-state index is 0.540. The summed E-state index contributed by atoms with van der Waals surface area (Å²) < 4.78 is 2.03. The van der Waals surface area contributed by atoms with Crippen LogP contribution in [0.1, 0.15) is 42.9 Å². The lowest BCUT2D eigenvalue weighted by molar-refractivity contribution is 0.172. The maximum Gasteiger partial charge on any atom is 0.194 e. The fourth-order valence-corrected chi connectivity index (χ4v) is 5.01. The maximum atomic E-state index is 4.99. The zero-order valence-corrected chi connectivity index (χ0v) is 19.9. The molecule has 1 aliphatic carbocycles. The largest absolute Gasteiger partial charge is 0.353 e. The molecule has 1 N–H and O–H groups in total. The number of aromatic nitrogens is 3. The monoisotopic (exact) mass is 445 g/mol. The molecule has 2 fully saturated rings. The second-order valence-electron chi connectivity index (χ2n) is 9.39. The molecule has 0 spiro atoms. The third-order valence-electron chi connectivity index (χ3n) is 7.19. The standard InChI is InChI=1S/C26H35N7/c1-20-29-30-25(31(20)2)18-27-26(28-23-11-4-5-12-23)33-16-14-32(15-17-33)19-22-10-7-9-21-8-3-6-13-24(21)22/h3,6-10,13,23H,4-5,11-12,14-19H2,1-2H3,(H,27,28).